The Morgan fingerprint density at radius 2 is 1.91 bits per heavy atom. The molecule has 1 aliphatic heterocycles. The summed E-state index contributed by atoms with van der Waals surface area (Å²) in [6, 6.07) is 7.25. The van der Waals surface area contributed by atoms with Crippen molar-refractivity contribution in [3.63, 3.8) is 0 Å². The SMILES string of the molecule is O=C(/C=C/c1ccc(Cl)c(C(F)(F)F)c1)N(CCCN1CCOCC1)Cc1ccncc1. The molecular formula is C23H25ClF3N3O2. The lowest BCUT2D eigenvalue weighted by Gasteiger charge is -2.28. The Morgan fingerprint density at radius 1 is 1.19 bits per heavy atom. The van der Waals surface area contributed by atoms with Crippen LogP contribution >= 0.6 is 11.6 Å². The Hall–Kier alpha value is -2.42. The second kappa shape index (κ2) is 11.4. The molecule has 1 aliphatic rings. The second-order valence-corrected chi connectivity index (χ2v) is 7.90. The molecule has 0 atom stereocenters. The van der Waals surface area contributed by atoms with Crippen LogP contribution in [0.5, 0.6) is 0 Å². The van der Waals surface area contributed by atoms with Crippen LogP contribution in [-0.2, 0) is 22.3 Å². The summed E-state index contributed by atoms with van der Waals surface area (Å²) < 4.78 is 44.6. The van der Waals surface area contributed by atoms with Crippen molar-refractivity contribution in [2.24, 2.45) is 0 Å². The Bertz CT molecular complexity index is 916. The summed E-state index contributed by atoms with van der Waals surface area (Å²) in [6.07, 6.45) is 2.23. The zero-order valence-electron chi connectivity index (χ0n) is 17.5. The highest BCUT2D eigenvalue weighted by atomic mass is 35.5. The Labute approximate surface area is 190 Å². The highest BCUT2D eigenvalue weighted by Crippen LogP contribution is 2.35. The van der Waals surface area contributed by atoms with E-state index in [4.69, 9.17) is 16.3 Å². The first-order valence-electron chi connectivity index (χ1n) is 10.4. The average molecular weight is 468 g/mol. The number of alkyl halides is 3. The number of hydrogen-bond acceptors (Lipinski definition) is 4. The maximum atomic E-state index is 13.1. The maximum Gasteiger partial charge on any atom is 0.417 e. The van der Waals surface area contributed by atoms with Gasteiger partial charge in [-0.2, -0.15) is 13.2 Å². The summed E-state index contributed by atoms with van der Waals surface area (Å²) in [7, 11) is 0. The molecule has 2 aromatic rings. The highest BCUT2D eigenvalue weighted by Gasteiger charge is 2.33. The van der Waals surface area contributed by atoms with Gasteiger partial charge in [0, 0.05) is 51.2 Å². The lowest BCUT2D eigenvalue weighted by Crippen LogP contribution is -2.38. The van der Waals surface area contributed by atoms with E-state index in [0.717, 1.165) is 37.7 Å². The van der Waals surface area contributed by atoms with Crippen molar-refractivity contribution in [1.82, 2.24) is 14.8 Å². The molecule has 1 aromatic carbocycles. The number of aromatic nitrogens is 1. The largest absolute Gasteiger partial charge is 0.417 e. The van der Waals surface area contributed by atoms with E-state index in [1.165, 1.54) is 24.3 Å². The zero-order chi connectivity index (χ0) is 23.0. The number of hydrogen-bond donors (Lipinski definition) is 0. The van der Waals surface area contributed by atoms with E-state index in [1.807, 2.05) is 12.1 Å². The van der Waals surface area contributed by atoms with Crippen molar-refractivity contribution in [3.05, 3.63) is 70.5 Å². The Balaban J connectivity index is 1.68. The van der Waals surface area contributed by atoms with Crippen LogP contribution in [0, 0.1) is 0 Å². The van der Waals surface area contributed by atoms with E-state index in [0.29, 0.717) is 26.3 Å². The predicted molar refractivity (Wildman–Crippen MR) is 117 cm³/mol. The van der Waals surface area contributed by atoms with Crippen LogP contribution in [0.3, 0.4) is 0 Å². The molecule has 0 saturated carbocycles. The van der Waals surface area contributed by atoms with Crippen molar-refractivity contribution in [2.75, 3.05) is 39.4 Å². The molecule has 5 nitrogen and oxygen atoms in total. The van der Waals surface area contributed by atoms with E-state index in [2.05, 4.69) is 9.88 Å². The number of benzene rings is 1. The summed E-state index contributed by atoms with van der Waals surface area (Å²) in [5.41, 5.74) is 0.263. The predicted octanol–water partition coefficient (Wildman–Crippen LogP) is 4.52. The van der Waals surface area contributed by atoms with Gasteiger partial charge in [0.15, 0.2) is 0 Å². The molecule has 3 rings (SSSR count). The molecule has 0 N–H and O–H groups in total. The number of halogens is 4. The molecule has 2 heterocycles. The molecule has 0 spiro atoms. The number of carbonyl (C=O) groups is 1. The number of morpholine rings is 1. The van der Waals surface area contributed by atoms with Crippen LogP contribution in [0.1, 0.15) is 23.1 Å². The molecule has 1 amide bonds. The van der Waals surface area contributed by atoms with Crippen molar-refractivity contribution in [1.29, 1.82) is 0 Å². The fourth-order valence-electron chi connectivity index (χ4n) is 3.42. The maximum absolute atomic E-state index is 13.1. The molecule has 1 saturated heterocycles. The van der Waals surface area contributed by atoms with Crippen LogP contribution in [0.15, 0.2) is 48.8 Å². The Kier molecular flexibility index (Phi) is 8.67. The van der Waals surface area contributed by atoms with Gasteiger partial charge in [-0.25, -0.2) is 0 Å². The molecular weight excluding hydrogens is 443 g/mol. The van der Waals surface area contributed by atoms with Crippen molar-refractivity contribution < 1.29 is 22.7 Å². The minimum Gasteiger partial charge on any atom is -0.379 e. The van der Waals surface area contributed by atoms with Gasteiger partial charge in [0.2, 0.25) is 5.91 Å². The number of rotatable bonds is 8. The lowest BCUT2D eigenvalue weighted by atomic mass is 10.1. The summed E-state index contributed by atoms with van der Waals surface area (Å²) in [6.45, 7) is 4.93. The molecule has 1 aromatic heterocycles. The summed E-state index contributed by atoms with van der Waals surface area (Å²) in [4.78, 5) is 20.9. The van der Waals surface area contributed by atoms with E-state index in [1.54, 1.807) is 17.3 Å². The molecule has 0 aliphatic carbocycles. The first kappa shape index (κ1) is 24.2. The topological polar surface area (TPSA) is 45.7 Å². The molecule has 32 heavy (non-hydrogen) atoms. The number of pyridine rings is 1. The molecule has 0 bridgehead atoms. The van der Waals surface area contributed by atoms with E-state index < -0.39 is 11.7 Å². The second-order valence-electron chi connectivity index (χ2n) is 7.49. The molecule has 9 heteroatoms. The van der Waals surface area contributed by atoms with Gasteiger partial charge in [0.05, 0.1) is 23.8 Å². The van der Waals surface area contributed by atoms with E-state index in [9.17, 15) is 18.0 Å². The average Bonchev–Trinajstić information content (AvgIpc) is 2.78. The van der Waals surface area contributed by atoms with Crippen LogP contribution in [0.2, 0.25) is 5.02 Å². The van der Waals surface area contributed by atoms with Gasteiger partial charge in [-0.05, 0) is 47.9 Å². The third-order valence-corrected chi connectivity index (χ3v) is 5.48. The van der Waals surface area contributed by atoms with Crippen LogP contribution in [0.25, 0.3) is 6.08 Å². The third kappa shape index (κ3) is 7.32. The molecule has 0 unspecified atom stereocenters. The van der Waals surface area contributed by atoms with Gasteiger partial charge >= 0.3 is 6.18 Å². The van der Waals surface area contributed by atoms with Gasteiger partial charge in [0.25, 0.3) is 0 Å². The van der Waals surface area contributed by atoms with Crippen LogP contribution in [0.4, 0.5) is 13.2 Å². The van der Waals surface area contributed by atoms with Crippen LogP contribution < -0.4 is 0 Å². The van der Waals surface area contributed by atoms with Gasteiger partial charge in [0.1, 0.15) is 0 Å². The fourth-order valence-corrected chi connectivity index (χ4v) is 3.65. The van der Waals surface area contributed by atoms with Gasteiger partial charge in [-0.15, -0.1) is 0 Å². The minimum absolute atomic E-state index is 0.257. The molecule has 1 fully saturated rings. The number of amides is 1. The van der Waals surface area contributed by atoms with Crippen molar-refractivity contribution in [2.45, 2.75) is 19.1 Å². The number of nitrogens with zero attached hydrogens (tertiary/aromatic N) is 3. The number of ether oxygens (including phenoxy) is 1. The minimum atomic E-state index is -4.56. The normalized spacial score (nSPS) is 15.2. The zero-order valence-corrected chi connectivity index (χ0v) is 18.3. The summed E-state index contributed by atoms with van der Waals surface area (Å²) >= 11 is 5.67. The van der Waals surface area contributed by atoms with E-state index >= 15 is 0 Å². The highest BCUT2D eigenvalue weighted by molar-refractivity contribution is 6.31. The standard InChI is InChI=1S/C23H25ClF3N3O2/c24-21-4-2-18(16-20(21)23(25,26)27)3-5-22(31)30(17-19-6-8-28-9-7-19)11-1-10-29-12-14-32-15-13-29/h2-9,16H,1,10-15,17H2/b5-3+. The van der Waals surface area contributed by atoms with Crippen molar-refractivity contribution in [3.8, 4) is 0 Å². The van der Waals surface area contributed by atoms with Gasteiger partial charge in [-0.3, -0.25) is 14.7 Å². The van der Waals surface area contributed by atoms with Gasteiger partial charge in [-0.1, -0.05) is 17.7 Å². The quantitative estimate of drug-likeness (QED) is 0.536. The van der Waals surface area contributed by atoms with Gasteiger partial charge < -0.3 is 9.64 Å². The fraction of sp³-hybridized carbons (Fsp3) is 0.391. The lowest BCUT2D eigenvalue weighted by molar-refractivity contribution is -0.137. The van der Waals surface area contributed by atoms with Crippen molar-refractivity contribution >= 4 is 23.6 Å². The summed E-state index contributed by atoms with van der Waals surface area (Å²) in [5, 5.41) is -0.372. The van der Waals surface area contributed by atoms with Crippen LogP contribution in [-0.4, -0.2) is 60.1 Å². The monoisotopic (exact) mass is 467 g/mol. The molecule has 0 radical (unpaired) electrons. The van der Waals surface area contributed by atoms with E-state index in [-0.39, 0.29) is 16.5 Å². The third-order valence-electron chi connectivity index (χ3n) is 5.15. The number of carbonyl (C=O) groups excluding carboxylic acids is 1. The molecule has 172 valence electrons. The first-order valence-corrected chi connectivity index (χ1v) is 10.7. The summed E-state index contributed by atoms with van der Waals surface area (Å²) in [5.74, 6) is -0.271. The first-order chi connectivity index (χ1) is 15.3. The smallest absolute Gasteiger partial charge is 0.379 e. The Morgan fingerprint density at radius 3 is 2.59 bits per heavy atom.